The molecule has 1 rings (SSSR count). The molecular formula is C12H24N2O2. The molecule has 1 amide bonds. The molecular weight excluding hydrogens is 204 g/mol. The van der Waals surface area contributed by atoms with E-state index in [2.05, 4.69) is 4.90 Å². The van der Waals surface area contributed by atoms with Crippen molar-refractivity contribution in [1.82, 2.24) is 9.80 Å². The molecule has 0 aliphatic carbocycles. The molecule has 0 aromatic carbocycles. The average Bonchev–Trinajstić information content (AvgIpc) is 2.30. The number of likely N-dealkylation sites (N-methyl/N-ethyl adjacent to an activating group) is 1. The van der Waals surface area contributed by atoms with Crippen LogP contribution in [0.4, 0.5) is 0 Å². The van der Waals surface area contributed by atoms with E-state index in [1.807, 2.05) is 25.9 Å². The van der Waals surface area contributed by atoms with Crippen LogP contribution in [0.25, 0.3) is 0 Å². The van der Waals surface area contributed by atoms with E-state index in [1.54, 1.807) is 0 Å². The van der Waals surface area contributed by atoms with E-state index in [0.717, 1.165) is 39.1 Å². The fourth-order valence-corrected chi connectivity index (χ4v) is 2.02. The lowest BCUT2D eigenvalue weighted by molar-refractivity contribution is -0.135. The van der Waals surface area contributed by atoms with Crippen LogP contribution in [-0.2, 0) is 9.53 Å². The average molecular weight is 228 g/mol. The Morgan fingerprint density at radius 1 is 1.25 bits per heavy atom. The first kappa shape index (κ1) is 13.5. The SMILES string of the molecule is CCC(=O)N(CCN(C)C)C1CCOCC1. The van der Waals surface area contributed by atoms with Crippen LogP contribution >= 0.6 is 0 Å². The summed E-state index contributed by atoms with van der Waals surface area (Å²) >= 11 is 0. The van der Waals surface area contributed by atoms with E-state index < -0.39 is 0 Å². The van der Waals surface area contributed by atoms with Gasteiger partial charge in [-0.25, -0.2) is 0 Å². The van der Waals surface area contributed by atoms with Crippen LogP contribution in [0.3, 0.4) is 0 Å². The summed E-state index contributed by atoms with van der Waals surface area (Å²) in [6, 6.07) is 0.390. The summed E-state index contributed by atoms with van der Waals surface area (Å²) in [4.78, 5) is 16.1. The third-order valence-corrected chi connectivity index (χ3v) is 3.04. The molecule has 0 atom stereocenters. The van der Waals surface area contributed by atoms with Gasteiger partial charge in [-0.3, -0.25) is 4.79 Å². The zero-order valence-electron chi connectivity index (χ0n) is 10.7. The Labute approximate surface area is 98.5 Å². The summed E-state index contributed by atoms with van der Waals surface area (Å²) in [7, 11) is 4.08. The molecule has 4 heteroatoms. The van der Waals surface area contributed by atoms with E-state index in [9.17, 15) is 4.79 Å². The molecule has 0 aromatic rings. The molecule has 0 unspecified atom stereocenters. The Morgan fingerprint density at radius 2 is 1.88 bits per heavy atom. The third-order valence-electron chi connectivity index (χ3n) is 3.04. The van der Waals surface area contributed by atoms with Gasteiger partial charge in [0.15, 0.2) is 0 Å². The van der Waals surface area contributed by atoms with Crippen molar-refractivity contribution in [2.45, 2.75) is 32.2 Å². The molecule has 0 spiro atoms. The highest BCUT2D eigenvalue weighted by molar-refractivity contribution is 5.76. The number of carbonyl (C=O) groups excluding carboxylic acids is 1. The normalized spacial score (nSPS) is 17.8. The molecule has 16 heavy (non-hydrogen) atoms. The molecule has 4 nitrogen and oxygen atoms in total. The lowest BCUT2D eigenvalue weighted by Gasteiger charge is -2.35. The molecule has 1 aliphatic heterocycles. The van der Waals surface area contributed by atoms with Gasteiger partial charge < -0.3 is 14.5 Å². The maximum absolute atomic E-state index is 11.9. The highest BCUT2D eigenvalue weighted by Gasteiger charge is 2.24. The van der Waals surface area contributed by atoms with Crippen molar-refractivity contribution in [1.29, 1.82) is 0 Å². The summed E-state index contributed by atoms with van der Waals surface area (Å²) < 4.78 is 5.34. The number of nitrogens with zero attached hydrogens (tertiary/aromatic N) is 2. The molecule has 0 N–H and O–H groups in total. The number of amides is 1. The number of ether oxygens (including phenoxy) is 1. The Hall–Kier alpha value is -0.610. The largest absolute Gasteiger partial charge is 0.381 e. The second kappa shape index (κ2) is 6.86. The van der Waals surface area contributed by atoms with Crippen LogP contribution in [0.15, 0.2) is 0 Å². The summed E-state index contributed by atoms with van der Waals surface area (Å²) in [6.45, 7) is 5.29. The molecule has 0 aromatic heterocycles. The van der Waals surface area contributed by atoms with Crippen LogP contribution in [0.5, 0.6) is 0 Å². The second-order valence-corrected chi connectivity index (χ2v) is 4.59. The fraction of sp³-hybridized carbons (Fsp3) is 0.917. The van der Waals surface area contributed by atoms with Gasteiger partial charge in [0, 0.05) is 38.8 Å². The fourth-order valence-electron chi connectivity index (χ4n) is 2.02. The van der Waals surface area contributed by atoms with Gasteiger partial charge in [-0.15, -0.1) is 0 Å². The minimum atomic E-state index is 0.272. The molecule has 1 fully saturated rings. The Bertz CT molecular complexity index is 213. The Balaban J connectivity index is 2.51. The van der Waals surface area contributed by atoms with Gasteiger partial charge in [-0.1, -0.05) is 6.92 Å². The molecule has 1 aliphatic rings. The van der Waals surface area contributed by atoms with Crippen LogP contribution in [0.2, 0.25) is 0 Å². The summed E-state index contributed by atoms with van der Waals surface area (Å²) in [5, 5.41) is 0. The van der Waals surface area contributed by atoms with Gasteiger partial charge in [-0.2, -0.15) is 0 Å². The molecule has 0 saturated carbocycles. The number of hydrogen-bond donors (Lipinski definition) is 0. The van der Waals surface area contributed by atoms with Crippen molar-refractivity contribution in [2.24, 2.45) is 0 Å². The minimum absolute atomic E-state index is 0.272. The lowest BCUT2D eigenvalue weighted by atomic mass is 10.1. The van der Waals surface area contributed by atoms with Gasteiger partial charge in [0.2, 0.25) is 5.91 Å². The quantitative estimate of drug-likeness (QED) is 0.703. The predicted molar refractivity (Wildman–Crippen MR) is 64.4 cm³/mol. The van der Waals surface area contributed by atoms with E-state index in [1.165, 1.54) is 0 Å². The van der Waals surface area contributed by atoms with E-state index >= 15 is 0 Å². The highest BCUT2D eigenvalue weighted by Crippen LogP contribution is 2.15. The van der Waals surface area contributed by atoms with Crippen molar-refractivity contribution < 1.29 is 9.53 Å². The second-order valence-electron chi connectivity index (χ2n) is 4.59. The first-order chi connectivity index (χ1) is 7.65. The van der Waals surface area contributed by atoms with Crippen molar-refractivity contribution in [3.63, 3.8) is 0 Å². The van der Waals surface area contributed by atoms with Crippen LogP contribution in [-0.4, -0.2) is 62.1 Å². The monoisotopic (exact) mass is 228 g/mol. The highest BCUT2D eigenvalue weighted by atomic mass is 16.5. The molecule has 94 valence electrons. The molecule has 1 heterocycles. The zero-order chi connectivity index (χ0) is 12.0. The topological polar surface area (TPSA) is 32.8 Å². The Morgan fingerprint density at radius 3 is 2.38 bits per heavy atom. The maximum Gasteiger partial charge on any atom is 0.222 e. The van der Waals surface area contributed by atoms with Crippen molar-refractivity contribution in [3.05, 3.63) is 0 Å². The smallest absolute Gasteiger partial charge is 0.222 e. The Kier molecular flexibility index (Phi) is 5.77. The van der Waals surface area contributed by atoms with Gasteiger partial charge in [0.25, 0.3) is 0 Å². The molecule has 0 bridgehead atoms. The molecule has 0 radical (unpaired) electrons. The van der Waals surface area contributed by atoms with Crippen LogP contribution < -0.4 is 0 Å². The van der Waals surface area contributed by atoms with Crippen molar-refractivity contribution >= 4 is 5.91 Å². The van der Waals surface area contributed by atoms with E-state index in [0.29, 0.717) is 12.5 Å². The predicted octanol–water partition coefficient (Wildman–Crippen LogP) is 0.966. The minimum Gasteiger partial charge on any atom is -0.381 e. The van der Waals surface area contributed by atoms with Crippen LogP contribution in [0.1, 0.15) is 26.2 Å². The van der Waals surface area contributed by atoms with Crippen LogP contribution in [0, 0.1) is 0 Å². The standard InChI is InChI=1S/C12H24N2O2/c1-4-12(15)14(8-7-13(2)3)11-5-9-16-10-6-11/h11H,4-10H2,1-3H3. The lowest BCUT2D eigenvalue weighted by Crippen LogP contribution is -2.46. The number of hydrogen-bond acceptors (Lipinski definition) is 3. The summed E-state index contributed by atoms with van der Waals surface area (Å²) in [6.07, 6.45) is 2.57. The third kappa shape index (κ3) is 4.10. The first-order valence-corrected chi connectivity index (χ1v) is 6.17. The van der Waals surface area contributed by atoms with Crippen molar-refractivity contribution in [3.8, 4) is 0 Å². The van der Waals surface area contributed by atoms with Gasteiger partial charge in [-0.05, 0) is 26.9 Å². The summed E-state index contributed by atoms with van der Waals surface area (Å²) in [5.74, 6) is 0.272. The number of rotatable bonds is 5. The molecule has 1 saturated heterocycles. The maximum atomic E-state index is 11.9. The van der Waals surface area contributed by atoms with Gasteiger partial charge >= 0.3 is 0 Å². The van der Waals surface area contributed by atoms with Crippen molar-refractivity contribution in [2.75, 3.05) is 40.4 Å². The van der Waals surface area contributed by atoms with Gasteiger partial charge in [0.05, 0.1) is 0 Å². The first-order valence-electron chi connectivity index (χ1n) is 6.17. The summed E-state index contributed by atoms with van der Waals surface area (Å²) in [5.41, 5.74) is 0. The van der Waals surface area contributed by atoms with E-state index in [-0.39, 0.29) is 5.91 Å². The van der Waals surface area contributed by atoms with E-state index in [4.69, 9.17) is 4.74 Å². The van der Waals surface area contributed by atoms with Gasteiger partial charge in [0.1, 0.15) is 0 Å². The zero-order valence-corrected chi connectivity index (χ0v) is 10.7. The number of carbonyl (C=O) groups is 1.